The Balaban J connectivity index is 2.15. The van der Waals surface area contributed by atoms with Crippen molar-refractivity contribution >= 4 is 17.2 Å². The molecule has 2 heterocycles. The number of hydrogen-bond acceptors (Lipinski definition) is 5. The van der Waals surface area contributed by atoms with Crippen LogP contribution in [0.4, 0.5) is 0 Å². The lowest BCUT2D eigenvalue weighted by atomic mass is 10.2. The fraction of sp³-hybridized carbons (Fsp3) is 0.308. The standard InChI is InChI=1S/C13H15N3O3S/c1-16-5-8-20-13(16)15-12(17)10-3-4-14-11(9-10)19-7-6-18-2/h3-5,8-9H,6-7H2,1-2H3. The Morgan fingerprint density at radius 1 is 1.50 bits per heavy atom. The van der Waals surface area contributed by atoms with E-state index >= 15 is 0 Å². The van der Waals surface area contributed by atoms with Crippen molar-refractivity contribution in [2.75, 3.05) is 20.3 Å². The smallest absolute Gasteiger partial charge is 0.279 e. The summed E-state index contributed by atoms with van der Waals surface area (Å²) in [7, 11) is 3.44. The second-order valence-electron chi connectivity index (χ2n) is 3.94. The number of pyridine rings is 1. The molecule has 0 atom stereocenters. The summed E-state index contributed by atoms with van der Waals surface area (Å²) in [6.07, 6.45) is 3.38. The minimum Gasteiger partial charge on any atom is -0.475 e. The molecule has 6 nitrogen and oxygen atoms in total. The number of amides is 1. The minimum atomic E-state index is -0.318. The number of carbonyl (C=O) groups is 1. The molecule has 2 aromatic rings. The van der Waals surface area contributed by atoms with Crippen LogP contribution in [0.25, 0.3) is 0 Å². The van der Waals surface area contributed by atoms with Gasteiger partial charge in [-0.25, -0.2) is 4.98 Å². The van der Waals surface area contributed by atoms with Crippen LogP contribution < -0.4 is 9.54 Å². The summed E-state index contributed by atoms with van der Waals surface area (Å²) in [4.78, 5) is 20.8. The summed E-state index contributed by atoms with van der Waals surface area (Å²) >= 11 is 1.41. The van der Waals surface area contributed by atoms with E-state index in [0.717, 1.165) is 0 Å². The van der Waals surface area contributed by atoms with Crippen molar-refractivity contribution in [1.29, 1.82) is 0 Å². The van der Waals surface area contributed by atoms with Crippen LogP contribution in [-0.2, 0) is 11.8 Å². The third kappa shape index (κ3) is 3.75. The summed E-state index contributed by atoms with van der Waals surface area (Å²) in [5.74, 6) is 0.0701. The molecule has 0 bridgehead atoms. The third-order valence-corrected chi connectivity index (χ3v) is 3.32. The van der Waals surface area contributed by atoms with Gasteiger partial charge in [0, 0.05) is 43.6 Å². The largest absolute Gasteiger partial charge is 0.475 e. The lowest BCUT2D eigenvalue weighted by molar-refractivity contribution is 0.0997. The first-order valence-corrected chi connectivity index (χ1v) is 6.85. The molecule has 7 heteroatoms. The summed E-state index contributed by atoms with van der Waals surface area (Å²) in [5, 5.41) is 1.87. The number of ether oxygens (including phenoxy) is 2. The second-order valence-corrected chi connectivity index (χ2v) is 4.81. The Kier molecular flexibility index (Phi) is 5.03. The van der Waals surface area contributed by atoms with E-state index in [0.29, 0.717) is 29.5 Å². The zero-order chi connectivity index (χ0) is 14.4. The summed E-state index contributed by atoms with van der Waals surface area (Å²) in [5.41, 5.74) is 0.445. The van der Waals surface area contributed by atoms with Crippen molar-refractivity contribution in [2.24, 2.45) is 12.0 Å². The highest BCUT2D eigenvalue weighted by Gasteiger charge is 2.07. The quantitative estimate of drug-likeness (QED) is 0.778. The van der Waals surface area contributed by atoms with Gasteiger partial charge < -0.3 is 14.0 Å². The number of aryl methyl sites for hydroxylation is 1. The van der Waals surface area contributed by atoms with Crippen LogP contribution in [0.3, 0.4) is 0 Å². The van der Waals surface area contributed by atoms with Crippen molar-refractivity contribution in [1.82, 2.24) is 9.55 Å². The maximum Gasteiger partial charge on any atom is 0.279 e. The van der Waals surface area contributed by atoms with Gasteiger partial charge in [-0.15, -0.1) is 11.3 Å². The normalized spacial score (nSPS) is 11.6. The van der Waals surface area contributed by atoms with Crippen molar-refractivity contribution in [2.45, 2.75) is 0 Å². The molecule has 0 fully saturated rings. The fourth-order valence-corrected chi connectivity index (χ4v) is 2.16. The molecule has 0 N–H and O–H groups in total. The lowest BCUT2D eigenvalue weighted by Crippen LogP contribution is -2.13. The van der Waals surface area contributed by atoms with E-state index in [9.17, 15) is 4.79 Å². The lowest BCUT2D eigenvalue weighted by Gasteiger charge is -2.04. The molecule has 0 aromatic carbocycles. The van der Waals surface area contributed by atoms with Crippen molar-refractivity contribution in [3.8, 4) is 5.88 Å². The van der Waals surface area contributed by atoms with Gasteiger partial charge >= 0.3 is 0 Å². The molecule has 106 valence electrons. The van der Waals surface area contributed by atoms with Crippen LogP contribution in [0.1, 0.15) is 10.4 Å². The van der Waals surface area contributed by atoms with E-state index < -0.39 is 0 Å². The molecule has 0 aliphatic heterocycles. The Labute approximate surface area is 120 Å². The van der Waals surface area contributed by atoms with Crippen molar-refractivity contribution in [3.05, 3.63) is 40.3 Å². The van der Waals surface area contributed by atoms with Gasteiger partial charge in [-0.2, -0.15) is 4.99 Å². The molecule has 0 aliphatic rings. The van der Waals surface area contributed by atoms with Crippen molar-refractivity contribution in [3.63, 3.8) is 0 Å². The molecule has 0 saturated heterocycles. The van der Waals surface area contributed by atoms with Crippen LogP contribution in [0, 0.1) is 0 Å². The van der Waals surface area contributed by atoms with Gasteiger partial charge in [0.25, 0.3) is 5.91 Å². The predicted molar refractivity (Wildman–Crippen MR) is 74.8 cm³/mol. The van der Waals surface area contributed by atoms with E-state index in [2.05, 4.69) is 9.98 Å². The first kappa shape index (κ1) is 14.4. The van der Waals surface area contributed by atoms with Gasteiger partial charge in [0.1, 0.15) is 6.61 Å². The highest BCUT2D eigenvalue weighted by Crippen LogP contribution is 2.10. The molecule has 0 unspecified atom stereocenters. The Bertz CT molecular complexity index is 648. The Morgan fingerprint density at radius 2 is 2.35 bits per heavy atom. The van der Waals surface area contributed by atoms with E-state index in [1.54, 1.807) is 23.8 Å². The average Bonchev–Trinajstić information content (AvgIpc) is 2.85. The molecule has 20 heavy (non-hydrogen) atoms. The van der Waals surface area contributed by atoms with Crippen LogP contribution in [-0.4, -0.2) is 35.8 Å². The number of methoxy groups -OCH3 is 1. The number of nitrogens with zero attached hydrogens (tertiary/aromatic N) is 3. The van der Waals surface area contributed by atoms with Gasteiger partial charge in [-0.05, 0) is 6.07 Å². The summed E-state index contributed by atoms with van der Waals surface area (Å²) in [6.45, 7) is 0.855. The van der Waals surface area contributed by atoms with Gasteiger partial charge in [-0.3, -0.25) is 4.79 Å². The van der Waals surface area contributed by atoms with Gasteiger partial charge in [-0.1, -0.05) is 0 Å². The van der Waals surface area contributed by atoms with E-state index in [1.807, 2.05) is 18.6 Å². The second kappa shape index (κ2) is 6.97. The van der Waals surface area contributed by atoms with E-state index in [4.69, 9.17) is 9.47 Å². The van der Waals surface area contributed by atoms with Crippen molar-refractivity contribution < 1.29 is 14.3 Å². The number of carbonyl (C=O) groups excluding carboxylic acids is 1. The maximum atomic E-state index is 12.1. The summed E-state index contributed by atoms with van der Waals surface area (Å²) in [6, 6.07) is 3.19. The highest BCUT2D eigenvalue weighted by atomic mass is 32.1. The van der Waals surface area contributed by atoms with E-state index in [1.165, 1.54) is 17.5 Å². The first-order valence-electron chi connectivity index (χ1n) is 5.97. The molecule has 0 radical (unpaired) electrons. The van der Waals surface area contributed by atoms with Gasteiger partial charge in [0.15, 0.2) is 4.80 Å². The molecular weight excluding hydrogens is 278 g/mol. The SMILES string of the molecule is COCCOc1cc(C(=O)N=c2sccn2C)ccn1. The molecule has 0 spiro atoms. The Morgan fingerprint density at radius 3 is 3.05 bits per heavy atom. The molecule has 0 aliphatic carbocycles. The minimum absolute atomic E-state index is 0.318. The van der Waals surface area contributed by atoms with Crippen LogP contribution in [0.15, 0.2) is 34.9 Å². The fourth-order valence-electron chi connectivity index (χ4n) is 1.44. The Hall–Kier alpha value is -1.99. The van der Waals surface area contributed by atoms with Crippen LogP contribution in [0.2, 0.25) is 0 Å². The van der Waals surface area contributed by atoms with Gasteiger partial charge in [0.2, 0.25) is 5.88 Å². The van der Waals surface area contributed by atoms with Crippen LogP contribution in [0.5, 0.6) is 5.88 Å². The van der Waals surface area contributed by atoms with E-state index in [-0.39, 0.29) is 5.91 Å². The zero-order valence-corrected chi connectivity index (χ0v) is 12.1. The zero-order valence-electron chi connectivity index (χ0n) is 11.3. The monoisotopic (exact) mass is 293 g/mol. The number of hydrogen-bond donors (Lipinski definition) is 0. The van der Waals surface area contributed by atoms with Crippen LogP contribution >= 0.6 is 11.3 Å². The third-order valence-electron chi connectivity index (χ3n) is 2.48. The summed E-state index contributed by atoms with van der Waals surface area (Å²) < 4.78 is 12.0. The first-order chi connectivity index (χ1) is 9.70. The molecule has 2 aromatic heterocycles. The number of thiazole rings is 1. The molecule has 1 amide bonds. The maximum absolute atomic E-state index is 12.1. The predicted octanol–water partition coefficient (Wildman–Crippen LogP) is 1.25. The highest BCUT2D eigenvalue weighted by molar-refractivity contribution is 7.07. The number of rotatable bonds is 5. The average molecular weight is 293 g/mol. The number of aromatic nitrogens is 2. The molecular formula is C13H15N3O3S. The molecule has 2 rings (SSSR count). The van der Waals surface area contributed by atoms with Gasteiger partial charge in [0.05, 0.1) is 6.61 Å². The topological polar surface area (TPSA) is 65.7 Å². The molecule has 0 saturated carbocycles.